The average Bonchev–Trinajstić information content (AvgIpc) is 2.91. The van der Waals surface area contributed by atoms with E-state index in [1.54, 1.807) is 0 Å². The normalized spacial score (nSPS) is 22.5. The van der Waals surface area contributed by atoms with E-state index < -0.39 is 0 Å². The number of nitrogens with zero attached hydrogens (tertiary/aromatic N) is 2. The summed E-state index contributed by atoms with van der Waals surface area (Å²) >= 11 is 0. The zero-order valence-corrected chi connectivity index (χ0v) is 10.2. The molecule has 0 spiro atoms. The molecule has 4 heteroatoms. The SMILES string of the molecule is CC1CC1c1noc(/C=C/c2cccc(N)c2)n1. The predicted molar refractivity (Wildman–Crippen MR) is 70.6 cm³/mol. The molecule has 0 saturated heterocycles. The first-order valence-corrected chi connectivity index (χ1v) is 6.09. The van der Waals surface area contributed by atoms with Crippen LogP contribution in [-0.4, -0.2) is 10.1 Å². The van der Waals surface area contributed by atoms with Crippen molar-refractivity contribution in [1.29, 1.82) is 0 Å². The number of nitrogen functional groups attached to an aromatic ring is 1. The maximum absolute atomic E-state index is 5.71. The highest BCUT2D eigenvalue weighted by atomic mass is 16.5. The van der Waals surface area contributed by atoms with Gasteiger partial charge in [0.05, 0.1) is 0 Å². The molecule has 1 saturated carbocycles. The van der Waals surface area contributed by atoms with E-state index in [-0.39, 0.29) is 0 Å². The molecule has 92 valence electrons. The molecule has 2 atom stereocenters. The number of anilines is 1. The summed E-state index contributed by atoms with van der Waals surface area (Å²) in [6.07, 6.45) is 4.90. The van der Waals surface area contributed by atoms with E-state index in [4.69, 9.17) is 10.3 Å². The third-order valence-electron chi connectivity index (χ3n) is 3.23. The Morgan fingerprint density at radius 2 is 2.22 bits per heavy atom. The van der Waals surface area contributed by atoms with Crippen LogP contribution in [-0.2, 0) is 0 Å². The van der Waals surface area contributed by atoms with E-state index in [0.29, 0.717) is 17.7 Å². The standard InChI is InChI=1S/C14H15N3O/c1-9-7-12(9)14-16-13(18-17-14)6-5-10-3-2-4-11(15)8-10/h2-6,8-9,12H,7,15H2,1H3/b6-5+. The minimum Gasteiger partial charge on any atom is -0.399 e. The first-order chi connectivity index (χ1) is 8.72. The van der Waals surface area contributed by atoms with Crippen molar-refractivity contribution in [3.8, 4) is 0 Å². The van der Waals surface area contributed by atoms with E-state index in [9.17, 15) is 0 Å². The summed E-state index contributed by atoms with van der Waals surface area (Å²) in [7, 11) is 0. The average molecular weight is 241 g/mol. The Kier molecular flexibility index (Phi) is 2.63. The van der Waals surface area contributed by atoms with Gasteiger partial charge in [0.2, 0.25) is 0 Å². The smallest absolute Gasteiger partial charge is 0.250 e. The molecule has 2 N–H and O–H groups in total. The predicted octanol–water partition coefficient (Wildman–Crippen LogP) is 2.95. The molecular formula is C14H15N3O. The minimum atomic E-state index is 0.489. The topological polar surface area (TPSA) is 64.9 Å². The van der Waals surface area contributed by atoms with Crippen LogP contribution in [0.2, 0.25) is 0 Å². The van der Waals surface area contributed by atoms with Crippen LogP contribution < -0.4 is 5.73 Å². The third-order valence-corrected chi connectivity index (χ3v) is 3.23. The van der Waals surface area contributed by atoms with Crippen LogP contribution >= 0.6 is 0 Å². The van der Waals surface area contributed by atoms with Gasteiger partial charge in [-0.1, -0.05) is 24.2 Å². The molecule has 1 fully saturated rings. The maximum atomic E-state index is 5.71. The molecule has 0 bridgehead atoms. The van der Waals surface area contributed by atoms with E-state index in [0.717, 1.165) is 23.5 Å². The van der Waals surface area contributed by atoms with Gasteiger partial charge in [0, 0.05) is 17.7 Å². The van der Waals surface area contributed by atoms with Gasteiger partial charge in [-0.15, -0.1) is 0 Å². The summed E-state index contributed by atoms with van der Waals surface area (Å²) < 4.78 is 5.19. The summed E-state index contributed by atoms with van der Waals surface area (Å²) in [5, 5.41) is 4.00. The van der Waals surface area contributed by atoms with Crippen molar-refractivity contribution in [2.45, 2.75) is 19.3 Å². The fraction of sp³-hybridized carbons (Fsp3) is 0.286. The molecule has 2 aromatic rings. The van der Waals surface area contributed by atoms with Crippen molar-refractivity contribution in [2.75, 3.05) is 5.73 Å². The fourth-order valence-corrected chi connectivity index (χ4v) is 1.98. The lowest BCUT2D eigenvalue weighted by atomic mass is 10.2. The van der Waals surface area contributed by atoms with Crippen molar-refractivity contribution < 1.29 is 4.52 Å². The zero-order chi connectivity index (χ0) is 12.5. The first kappa shape index (κ1) is 11.0. The van der Waals surface area contributed by atoms with Crippen LogP contribution in [0, 0.1) is 5.92 Å². The molecular weight excluding hydrogens is 226 g/mol. The second-order valence-corrected chi connectivity index (χ2v) is 4.81. The van der Waals surface area contributed by atoms with Crippen LogP contribution in [0.5, 0.6) is 0 Å². The molecule has 1 aliphatic rings. The number of hydrogen-bond acceptors (Lipinski definition) is 4. The van der Waals surface area contributed by atoms with Crippen molar-refractivity contribution in [1.82, 2.24) is 10.1 Å². The summed E-state index contributed by atoms with van der Waals surface area (Å²) in [5.41, 5.74) is 7.48. The Balaban J connectivity index is 1.74. The molecule has 3 rings (SSSR count). The molecule has 0 radical (unpaired) electrons. The van der Waals surface area contributed by atoms with Crippen LogP contribution in [0.3, 0.4) is 0 Å². The van der Waals surface area contributed by atoms with Crippen molar-refractivity contribution in [2.24, 2.45) is 5.92 Å². The van der Waals surface area contributed by atoms with Gasteiger partial charge >= 0.3 is 0 Å². The monoisotopic (exact) mass is 241 g/mol. The molecule has 2 unspecified atom stereocenters. The van der Waals surface area contributed by atoms with Gasteiger partial charge in [0.15, 0.2) is 5.82 Å². The van der Waals surface area contributed by atoms with Crippen molar-refractivity contribution in [3.63, 3.8) is 0 Å². The van der Waals surface area contributed by atoms with Crippen molar-refractivity contribution >= 4 is 17.8 Å². The first-order valence-electron chi connectivity index (χ1n) is 6.09. The van der Waals surface area contributed by atoms with Crippen LogP contribution in [0.25, 0.3) is 12.2 Å². The van der Waals surface area contributed by atoms with Gasteiger partial charge in [-0.2, -0.15) is 4.98 Å². The van der Waals surface area contributed by atoms with Crippen LogP contribution in [0.1, 0.15) is 36.5 Å². The van der Waals surface area contributed by atoms with Crippen LogP contribution in [0.4, 0.5) is 5.69 Å². The van der Waals surface area contributed by atoms with E-state index in [2.05, 4.69) is 17.1 Å². The highest BCUT2D eigenvalue weighted by molar-refractivity contribution is 5.67. The van der Waals surface area contributed by atoms with Gasteiger partial charge in [0.1, 0.15) is 0 Å². The molecule has 1 aromatic carbocycles. The fourth-order valence-electron chi connectivity index (χ4n) is 1.98. The summed E-state index contributed by atoms with van der Waals surface area (Å²) in [6.45, 7) is 2.20. The minimum absolute atomic E-state index is 0.489. The second-order valence-electron chi connectivity index (χ2n) is 4.81. The molecule has 1 aromatic heterocycles. The van der Waals surface area contributed by atoms with Crippen LogP contribution in [0.15, 0.2) is 28.8 Å². The van der Waals surface area contributed by atoms with E-state index in [1.807, 2.05) is 36.4 Å². The number of aromatic nitrogens is 2. The lowest BCUT2D eigenvalue weighted by Gasteiger charge is -1.94. The van der Waals surface area contributed by atoms with E-state index in [1.165, 1.54) is 0 Å². The molecule has 1 heterocycles. The Labute approximate surface area is 106 Å². The van der Waals surface area contributed by atoms with Gasteiger partial charge in [0.25, 0.3) is 5.89 Å². The Morgan fingerprint density at radius 1 is 1.39 bits per heavy atom. The van der Waals surface area contributed by atoms with Gasteiger partial charge in [-0.05, 0) is 36.1 Å². The second kappa shape index (κ2) is 4.29. The Bertz CT molecular complexity index is 588. The molecule has 0 aliphatic heterocycles. The van der Waals surface area contributed by atoms with Gasteiger partial charge < -0.3 is 10.3 Å². The van der Waals surface area contributed by atoms with Gasteiger partial charge in [-0.25, -0.2) is 0 Å². The Hall–Kier alpha value is -2.10. The lowest BCUT2D eigenvalue weighted by Crippen LogP contribution is -1.84. The largest absolute Gasteiger partial charge is 0.399 e. The van der Waals surface area contributed by atoms with Gasteiger partial charge in [-0.3, -0.25) is 0 Å². The molecule has 4 nitrogen and oxygen atoms in total. The number of nitrogens with two attached hydrogens (primary N) is 1. The molecule has 0 amide bonds. The maximum Gasteiger partial charge on any atom is 0.250 e. The summed E-state index contributed by atoms with van der Waals surface area (Å²) in [4.78, 5) is 4.36. The number of hydrogen-bond donors (Lipinski definition) is 1. The lowest BCUT2D eigenvalue weighted by molar-refractivity contribution is 0.402. The molecule has 18 heavy (non-hydrogen) atoms. The Morgan fingerprint density at radius 3 is 2.94 bits per heavy atom. The highest BCUT2D eigenvalue weighted by Gasteiger charge is 2.37. The zero-order valence-electron chi connectivity index (χ0n) is 10.2. The molecule has 1 aliphatic carbocycles. The van der Waals surface area contributed by atoms with E-state index >= 15 is 0 Å². The summed E-state index contributed by atoms with van der Waals surface area (Å²) in [6, 6.07) is 7.65. The summed E-state index contributed by atoms with van der Waals surface area (Å²) in [5.74, 6) is 2.55. The van der Waals surface area contributed by atoms with Crippen molar-refractivity contribution in [3.05, 3.63) is 41.5 Å². The quantitative estimate of drug-likeness (QED) is 0.839. The number of rotatable bonds is 3. The highest BCUT2D eigenvalue weighted by Crippen LogP contribution is 2.45. The number of benzene rings is 1. The third kappa shape index (κ3) is 2.27.